The molecule has 20 heavy (non-hydrogen) atoms. The maximum absolute atomic E-state index is 11.2. The second-order valence-electron chi connectivity index (χ2n) is 3.97. The third kappa shape index (κ3) is 9.54. The van der Waals surface area contributed by atoms with Gasteiger partial charge in [0.25, 0.3) is 5.91 Å². The van der Waals surface area contributed by atoms with Crippen molar-refractivity contribution in [3.63, 3.8) is 0 Å². The summed E-state index contributed by atoms with van der Waals surface area (Å²) >= 11 is 0. The molecule has 0 rings (SSSR count). The first-order valence-electron chi connectivity index (χ1n) is 5.40. The average molecular weight is 335 g/mol. The Bertz CT molecular complexity index is 383. The van der Waals surface area contributed by atoms with Crippen molar-refractivity contribution in [3.05, 3.63) is 0 Å². The Labute approximate surface area is 115 Å². The quantitative estimate of drug-likeness (QED) is 0.144. The monoisotopic (exact) mass is 335 g/mol. The van der Waals surface area contributed by atoms with Crippen LogP contribution in [0.4, 0.5) is 0 Å². The van der Waals surface area contributed by atoms with Gasteiger partial charge in [0.15, 0.2) is 6.23 Å². The largest absolute Gasteiger partial charge is 0.366 e. The van der Waals surface area contributed by atoms with Crippen molar-refractivity contribution in [3.8, 4) is 0 Å². The van der Waals surface area contributed by atoms with Crippen LogP contribution in [0.1, 0.15) is 6.42 Å². The van der Waals surface area contributed by atoms with Gasteiger partial charge in [-0.3, -0.25) is 13.9 Å². The number of amides is 1. The number of hydrogen-bond acceptors (Lipinski definition) is 6. The zero-order valence-corrected chi connectivity index (χ0v) is 12.3. The first-order chi connectivity index (χ1) is 8.96. The molecule has 11 nitrogen and oxygen atoms in total. The predicted molar refractivity (Wildman–Crippen MR) is 68.3 cm³/mol. The number of hydrogen-bond donors (Lipinski definition) is 6. The van der Waals surface area contributed by atoms with Gasteiger partial charge in [-0.05, 0) is 13.0 Å². The summed E-state index contributed by atoms with van der Waals surface area (Å²) in [5.41, 5.74) is 10.2. The number of ether oxygens (including phenoxy) is 1. The molecule has 0 aromatic rings. The van der Waals surface area contributed by atoms with Gasteiger partial charge in [0.2, 0.25) is 0 Å². The van der Waals surface area contributed by atoms with Gasteiger partial charge in [-0.15, -0.1) is 0 Å². The zero-order valence-electron chi connectivity index (χ0n) is 10.5. The fourth-order valence-corrected chi connectivity index (χ4v) is 2.91. The van der Waals surface area contributed by atoms with Gasteiger partial charge in [-0.25, -0.2) is 4.90 Å². The highest BCUT2D eigenvalue weighted by Gasteiger charge is 2.34. The van der Waals surface area contributed by atoms with E-state index in [-0.39, 0.29) is 13.2 Å². The summed E-state index contributed by atoms with van der Waals surface area (Å²) in [5.74, 6) is -1.12. The SMILES string of the molecule is NCCCO[C@@H](C(N)=O)N(CP(=O)(O)O)CP(=O)(O)O. The minimum atomic E-state index is -4.67. The molecule has 0 unspecified atom stereocenters. The molecule has 0 radical (unpaired) electrons. The van der Waals surface area contributed by atoms with Crippen molar-refractivity contribution in [2.24, 2.45) is 11.5 Å². The van der Waals surface area contributed by atoms with E-state index in [1.165, 1.54) is 0 Å². The molecule has 0 aliphatic rings. The highest BCUT2D eigenvalue weighted by atomic mass is 31.2. The van der Waals surface area contributed by atoms with E-state index in [0.717, 1.165) is 0 Å². The normalized spacial score (nSPS) is 14.5. The molecular formula is C7H19N3O8P2. The van der Waals surface area contributed by atoms with E-state index in [4.69, 9.17) is 35.8 Å². The first kappa shape index (κ1) is 19.7. The van der Waals surface area contributed by atoms with Gasteiger partial charge >= 0.3 is 15.2 Å². The summed E-state index contributed by atoms with van der Waals surface area (Å²) in [7, 11) is -9.34. The van der Waals surface area contributed by atoms with Crippen LogP contribution in [0, 0.1) is 0 Å². The minimum absolute atomic E-state index is 0.0527. The van der Waals surface area contributed by atoms with Crippen LogP contribution in [0.2, 0.25) is 0 Å². The van der Waals surface area contributed by atoms with E-state index in [1.54, 1.807) is 0 Å². The van der Waals surface area contributed by atoms with Gasteiger partial charge in [-0.2, -0.15) is 0 Å². The maximum atomic E-state index is 11.2. The molecule has 1 amide bonds. The summed E-state index contributed by atoms with van der Waals surface area (Å²) in [6, 6.07) is 0. The van der Waals surface area contributed by atoms with Gasteiger partial charge < -0.3 is 35.8 Å². The highest BCUT2D eigenvalue weighted by molar-refractivity contribution is 7.52. The Morgan fingerprint density at radius 1 is 1.15 bits per heavy atom. The summed E-state index contributed by atoms with van der Waals surface area (Å²) < 4.78 is 26.9. The lowest BCUT2D eigenvalue weighted by Gasteiger charge is -2.29. The molecule has 0 bridgehead atoms. The molecule has 8 N–H and O–H groups in total. The van der Waals surface area contributed by atoms with Crippen LogP contribution in [0.25, 0.3) is 0 Å². The average Bonchev–Trinajstić information content (AvgIpc) is 2.18. The Morgan fingerprint density at radius 2 is 1.60 bits per heavy atom. The van der Waals surface area contributed by atoms with Crippen LogP contribution in [0.5, 0.6) is 0 Å². The van der Waals surface area contributed by atoms with Crippen LogP contribution in [0.15, 0.2) is 0 Å². The lowest BCUT2D eigenvalue weighted by Crippen LogP contribution is -2.47. The number of primary amides is 1. The molecular weight excluding hydrogens is 316 g/mol. The van der Waals surface area contributed by atoms with E-state index in [1.807, 2.05) is 0 Å². The molecule has 0 spiro atoms. The Balaban J connectivity index is 5.04. The topological polar surface area (TPSA) is 197 Å². The van der Waals surface area contributed by atoms with Crippen molar-refractivity contribution in [1.29, 1.82) is 0 Å². The van der Waals surface area contributed by atoms with Gasteiger partial charge in [0, 0.05) is 0 Å². The summed E-state index contributed by atoms with van der Waals surface area (Å²) in [6.45, 7) is 0.186. The molecule has 120 valence electrons. The van der Waals surface area contributed by atoms with Crippen molar-refractivity contribution in [2.45, 2.75) is 12.6 Å². The Morgan fingerprint density at radius 3 is 1.90 bits per heavy atom. The smallest absolute Gasteiger partial charge is 0.339 e. The fraction of sp³-hybridized carbons (Fsp3) is 0.857. The maximum Gasteiger partial charge on any atom is 0.339 e. The standard InChI is InChI=1S/C7H19N3O8P2/c8-2-1-3-18-7(6(9)11)10(4-19(12,13)14)5-20(15,16)17/h7H,1-5,8H2,(H2,9,11)(H2,12,13,14)(H2,15,16,17)/t7-/m0/s1. The van der Waals surface area contributed by atoms with Crippen molar-refractivity contribution in [1.82, 2.24) is 4.90 Å². The molecule has 13 heteroatoms. The third-order valence-corrected chi connectivity index (χ3v) is 3.39. The molecule has 0 saturated heterocycles. The number of nitrogens with zero attached hydrogens (tertiary/aromatic N) is 1. The van der Waals surface area contributed by atoms with Gasteiger partial charge in [-0.1, -0.05) is 0 Å². The summed E-state index contributed by atoms with van der Waals surface area (Å²) in [5, 5.41) is 0. The number of rotatable bonds is 10. The van der Waals surface area contributed by atoms with Gasteiger partial charge in [0.1, 0.15) is 12.6 Å². The van der Waals surface area contributed by atoms with Crippen molar-refractivity contribution < 1.29 is 38.2 Å². The highest BCUT2D eigenvalue weighted by Crippen LogP contribution is 2.41. The van der Waals surface area contributed by atoms with E-state index in [2.05, 4.69) is 0 Å². The Kier molecular flexibility index (Phi) is 8.04. The lowest BCUT2D eigenvalue weighted by molar-refractivity contribution is -0.141. The van der Waals surface area contributed by atoms with Crippen LogP contribution < -0.4 is 11.5 Å². The first-order valence-corrected chi connectivity index (χ1v) is 9.00. The molecule has 0 aromatic carbocycles. The number of carbonyl (C=O) groups excluding carboxylic acids is 1. The molecule has 1 atom stereocenters. The molecule has 0 fully saturated rings. The second-order valence-corrected chi connectivity index (χ2v) is 7.19. The summed E-state index contributed by atoms with van der Waals surface area (Å²) in [6.07, 6.45) is -3.48. The zero-order chi connectivity index (χ0) is 16.0. The van der Waals surface area contributed by atoms with E-state index in [9.17, 15) is 13.9 Å². The van der Waals surface area contributed by atoms with Crippen LogP contribution in [-0.4, -0.2) is 62.3 Å². The van der Waals surface area contributed by atoms with Crippen LogP contribution >= 0.6 is 15.2 Å². The van der Waals surface area contributed by atoms with E-state index >= 15 is 0 Å². The van der Waals surface area contributed by atoms with E-state index in [0.29, 0.717) is 11.3 Å². The summed E-state index contributed by atoms with van der Waals surface area (Å²) in [4.78, 5) is 47.2. The third-order valence-electron chi connectivity index (χ3n) is 1.93. The number of carbonyl (C=O) groups is 1. The van der Waals surface area contributed by atoms with Crippen LogP contribution in [-0.2, 0) is 18.7 Å². The minimum Gasteiger partial charge on any atom is -0.366 e. The fourth-order valence-electron chi connectivity index (χ4n) is 1.31. The van der Waals surface area contributed by atoms with Gasteiger partial charge in [0.05, 0.1) is 6.61 Å². The molecule has 0 heterocycles. The second kappa shape index (κ2) is 8.18. The predicted octanol–water partition coefficient (Wildman–Crippen LogP) is -2.26. The van der Waals surface area contributed by atoms with Crippen molar-refractivity contribution in [2.75, 3.05) is 25.7 Å². The molecule has 0 aliphatic heterocycles. The number of nitrogens with two attached hydrogens (primary N) is 2. The molecule has 0 aromatic heterocycles. The van der Waals surface area contributed by atoms with Crippen molar-refractivity contribution >= 4 is 21.1 Å². The molecule has 0 aliphatic carbocycles. The van der Waals surface area contributed by atoms with E-state index < -0.39 is 39.9 Å². The lowest BCUT2D eigenvalue weighted by atomic mass is 10.4. The molecule has 0 saturated carbocycles. The van der Waals surface area contributed by atoms with Crippen LogP contribution in [0.3, 0.4) is 0 Å². The Hall–Kier alpha value is -0.350.